The molecule has 0 aromatic carbocycles. The maximum absolute atomic E-state index is 10.2. The lowest BCUT2D eigenvalue weighted by Gasteiger charge is -2.03. The maximum Gasteiger partial charge on any atom is 0.240 e. The third kappa shape index (κ3) is 2.24. The number of rotatable bonds is 2. The van der Waals surface area contributed by atoms with E-state index in [1.54, 1.807) is 11.8 Å². The number of amides is 1. The molecule has 1 aliphatic heterocycles. The smallest absolute Gasteiger partial charge is 0.240 e. The van der Waals surface area contributed by atoms with Crippen molar-refractivity contribution in [2.45, 2.75) is 11.8 Å². The van der Waals surface area contributed by atoms with Gasteiger partial charge in [0.15, 0.2) is 0 Å². The number of thioether (sulfide) groups is 1. The summed E-state index contributed by atoms with van der Waals surface area (Å²) in [5.74, 6) is 0.597. The molecule has 0 bridgehead atoms. The molecule has 1 amide bonds. The van der Waals surface area contributed by atoms with Gasteiger partial charge in [-0.1, -0.05) is 0 Å². The van der Waals surface area contributed by atoms with Gasteiger partial charge in [0.05, 0.1) is 11.8 Å². The second-order valence-corrected chi connectivity index (χ2v) is 3.25. The van der Waals surface area contributed by atoms with Gasteiger partial charge in [0.25, 0.3) is 0 Å². The number of carbonyl (C=O) groups is 1. The van der Waals surface area contributed by atoms with E-state index >= 15 is 0 Å². The summed E-state index contributed by atoms with van der Waals surface area (Å²) in [6.07, 6.45) is 0.352. The summed E-state index contributed by atoms with van der Waals surface area (Å²) in [5, 5.41) is 3.33. The van der Waals surface area contributed by atoms with Gasteiger partial charge in [0, 0.05) is 12.3 Å². The van der Waals surface area contributed by atoms with Crippen LogP contribution in [0.4, 0.5) is 0 Å². The lowest BCUT2D eigenvalue weighted by molar-refractivity contribution is -0.118. The van der Waals surface area contributed by atoms with E-state index in [1.165, 1.54) is 0 Å². The molecule has 1 fully saturated rings. The predicted octanol–water partition coefficient (Wildman–Crippen LogP) is -0.151. The second-order valence-electron chi connectivity index (χ2n) is 1.94. The summed E-state index contributed by atoms with van der Waals surface area (Å²) in [7, 11) is 0. The molecule has 1 rings (SSSR count). The first-order chi connectivity index (χ1) is 4.29. The lowest BCUT2D eigenvalue weighted by atomic mass is 10.4. The Bertz CT molecular complexity index is 112. The van der Waals surface area contributed by atoms with Crippen molar-refractivity contribution in [3.05, 3.63) is 0 Å². The van der Waals surface area contributed by atoms with Crippen molar-refractivity contribution in [1.29, 1.82) is 0 Å². The van der Waals surface area contributed by atoms with Gasteiger partial charge < -0.3 is 5.32 Å². The van der Waals surface area contributed by atoms with Gasteiger partial charge in [0.1, 0.15) is 0 Å². The van der Waals surface area contributed by atoms with Crippen molar-refractivity contribution in [1.82, 2.24) is 11.1 Å². The van der Waals surface area contributed by atoms with Gasteiger partial charge in [-0.25, -0.2) is 0 Å². The van der Waals surface area contributed by atoms with Crippen LogP contribution in [0.15, 0.2) is 0 Å². The molecule has 1 unspecified atom stereocenters. The highest BCUT2D eigenvalue weighted by Crippen LogP contribution is 2.15. The molecule has 0 aromatic rings. The van der Waals surface area contributed by atoms with Gasteiger partial charge >= 0.3 is 0 Å². The molecule has 1 aliphatic rings. The minimum atomic E-state index is -0.470. The van der Waals surface area contributed by atoms with Crippen LogP contribution in [-0.2, 0) is 4.79 Å². The second kappa shape index (κ2) is 3.08. The van der Waals surface area contributed by atoms with E-state index < -0.39 is 5.91 Å². The third-order valence-corrected chi connectivity index (χ3v) is 2.34. The minimum Gasteiger partial charge on any atom is -0.304 e. The Balaban J connectivity index is 2.19. The summed E-state index contributed by atoms with van der Waals surface area (Å²) in [6, 6.07) is 0. The number of hydrogen-bond acceptors (Lipinski definition) is 3. The van der Waals surface area contributed by atoms with Gasteiger partial charge in [-0.2, -0.15) is 0 Å². The Morgan fingerprint density at radius 3 is 3.11 bits per heavy atom. The van der Waals surface area contributed by atoms with E-state index in [0.717, 1.165) is 12.3 Å². The lowest BCUT2D eigenvalue weighted by Crippen LogP contribution is -2.22. The molecule has 1 heterocycles. The molecule has 0 aliphatic carbocycles. The van der Waals surface area contributed by atoms with Gasteiger partial charge in [-0.15, -0.1) is 11.8 Å². The first-order valence-electron chi connectivity index (χ1n) is 2.88. The van der Waals surface area contributed by atoms with Crippen LogP contribution in [0.3, 0.4) is 0 Å². The van der Waals surface area contributed by atoms with Crippen molar-refractivity contribution in [3.63, 3.8) is 0 Å². The van der Waals surface area contributed by atoms with Gasteiger partial charge in [-0.05, 0) is 0 Å². The molecule has 3 nitrogen and oxygen atoms in total. The molecule has 9 heavy (non-hydrogen) atoms. The zero-order valence-corrected chi connectivity index (χ0v) is 5.83. The summed E-state index contributed by atoms with van der Waals surface area (Å²) < 4.78 is 0. The SMILES string of the molecule is [NH]C(=O)CC1NCCS1. The van der Waals surface area contributed by atoms with Crippen LogP contribution in [0.2, 0.25) is 0 Å². The van der Waals surface area contributed by atoms with E-state index in [4.69, 9.17) is 5.73 Å². The molecule has 2 N–H and O–H groups in total. The Labute approximate surface area is 58.4 Å². The van der Waals surface area contributed by atoms with Crippen molar-refractivity contribution >= 4 is 17.7 Å². The highest BCUT2D eigenvalue weighted by molar-refractivity contribution is 8.00. The molecule has 0 spiro atoms. The first kappa shape index (κ1) is 6.89. The molecule has 0 saturated carbocycles. The highest BCUT2D eigenvalue weighted by Gasteiger charge is 2.16. The van der Waals surface area contributed by atoms with Crippen LogP contribution in [0.1, 0.15) is 6.42 Å². The Morgan fingerprint density at radius 1 is 1.89 bits per heavy atom. The van der Waals surface area contributed by atoms with E-state index in [2.05, 4.69) is 5.32 Å². The number of nitrogens with one attached hydrogen (secondary N) is 2. The number of carbonyl (C=O) groups excluding carboxylic acids is 1. The Hall–Kier alpha value is -0.220. The zero-order valence-electron chi connectivity index (χ0n) is 5.02. The molecule has 4 heteroatoms. The molecule has 51 valence electrons. The molecule has 1 radical (unpaired) electrons. The molecule has 1 atom stereocenters. The van der Waals surface area contributed by atoms with Crippen LogP contribution < -0.4 is 11.1 Å². The minimum absolute atomic E-state index is 0.218. The largest absolute Gasteiger partial charge is 0.304 e. The third-order valence-electron chi connectivity index (χ3n) is 1.16. The fourth-order valence-corrected chi connectivity index (χ4v) is 1.80. The van der Waals surface area contributed by atoms with E-state index in [0.29, 0.717) is 6.42 Å². The highest BCUT2D eigenvalue weighted by atomic mass is 32.2. The van der Waals surface area contributed by atoms with Gasteiger partial charge in [0.2, 0.25) is 5.91 Å². The zero-order chi connectivity index (χ0) is 6.69. The monoisotopic (exact) mass is 145 g/mol. The summed E-state index contributed by atoms with van der Waals surface area (Å²) in [5.41, 5.74) is 6.65. The molecular formula is C5H9N2OS. The van der Waals surface area contributed by atoms with E-state index in [-0.39, 0.29) is 5.37 Å². The van der Waals surface area contributed by atoms with Crippen molar-refractivity contribution in [2.24, 2.45) is 0 Å². The van der Waals surface area contributed by atoms with Crippen LogP contribution in [0, 0.1) is 0 Å². The van der Waals surface area contributed by atoms with Gasteiger partial charge in [-0.3, -0.25) is 10.5 Å². The van der Waals surface area contributed by atoms with Crippen molar-refractivity contribution in [3.8, 4) is 0 Å². The quantitative estimate of drug-likeness (QED) is 0.588. The average molecular weight is 145 g/mol. The standard InChI is InChI=1S/C5H9N2OS/c6-4(8)3-5-7-1-2-9-5/h5-7H,1-3H2. The average Bonchev–Trinajstić information content (AvgIpc) is 2.15. The van der Waals surface area contributed by atoms with Crippen LogP contribution in [0.5, 0.6) is 0 Å². The van der Waals surface area contributed by atoms with Crippen LogP contribution >= 0.6 is 11.8 Å². The van der Waals surface area contributed by atoms with Crippen molar-refractivity contribution < 1.29 is 4.79 Å². The normalized spacial score (nSPS) is 26.4. The summed E-state index contributed by atoms with van der Waals surface area (Å²) in [4.78, 5) is 10.2. The summed E-state index contributed by atoms with van der Waals surface area (Å²) >= 11 is 1.72. The van der Waals surface area contributed by atoms with Crippen LogP contribution in [0.25, 0.3) is 0 Å². The van der Waals surface area contributed by atoms with E-state index in [9.17, 15) is 4.79 Å². The molecule has 0 aromatic heterocycles. The van der Waals surface area contributed by atoms with Crippen molar-refractivity contribution in [2.75, 3.05) is 12.3 Å². The van der Waals surface area contributed by atoms with Crippen LogP contribution in [-0.4, -0.2) is 23.6 Å². The summed E-state index contributed by atoms with van der Waals surface area (Å²) in [6.45, 7) is 0.975. The Morgan fingerprint density at radius 2 is 2.67 bits per heavy atom. The maximum atomic E-state index is 10.2. The molecule has 1 saturated heterocycles. The van der Waals surface area contributed by atoms with E-state index in [1.807, 2.05) is 0 Å². The first-order valence-corrected chi connectivity index (χ1v) is 3.93. The molecular weight excluding hydrogens is 136 g/mol. The topological polar surface area (TPSA) is 52.9 Å². The Kier molecular flexibility index (Phi) is 2.36. The number of hydrogen-bond donors (Lipinski definition) is 1. The fourth-order valence-electron chi connectivity index (χ4n) is 0.780. The predicted molar refractivity (Wildman–Crippen MR) is 37.0 cm³/mol. The fraction of sp³-hybridized carbons (Fsp3) is 0.800.